The van der Waals surface area contributed by atoms with E-state index in [-0.39, 0.29) is 0 Å². The van der Waals surface area contributed by atoms with E-state index in [4.69, 9.17) is 9.72 Å². The van der Waals surface area contributed by atoms with Gasteiger partial charge in [-0.25, -0.2) is 9.97 Å². The third-order valence-corrected chi connectivity index (χ3v) is 5.48. The predicted octanol–water partition coefficient (Wildman–Crippen LogP) is 1.32. The quantitative estimate of drug-likeness (QED) is 0.648. The molecule has 152 valence electrons. The Morgan fingerprint density at radius 3 is 2.37 bits per heavy atom. The van der Waals surface area contributed by atoms with E-state index in [0.29, 0.717) is 17.0 Å². The second-order valence-corrected chi connectivity index (χ2v) is 7.41. The van der Waals surface area contributed by atoms with E-state index in [9.17, 15) is 10.1 Å². The van der Waals surface area contributed by atoms with Crippen LogP contribution < -0.4 is 9.80 Å². The van der Waals surface area contributed by atoms with E-state index in [1.807, 2.05) is 36.4 Å². The van der Waals surface area contributed by atoms with Crippen LogP contribution in [0.15, 0.2) is 54.6 Å². The first-order valence-corrected chi connectivity index (χ1v) is 10.1. The summed E-state index contributed by atoms with van der Waals surface area (Å²) >= 11 is 0. The number of rotatable bonds is 5. The highest BCUT2D eigenvalue weighted by Gasteiger charge is 2.31. The van der Waals surface area contributed by atoms with Gasteiger partial charge in [0.25, 0.3) is 0 Å². The first-order valence-electron chi connectivity index (χ1n) is 10.1. The van der Waals surface area contributed by atoms with Crippen molar-refractivity contribution < 1.29 is 14.4 Å². The maximum absolute atomic E-state index is 12.2. The topological polar surface area (TPSA) is 83.5 Å². The lowest BCUT2D eigenvalue weighted by molar-refractivity contribution is -0.914. The van der Waals surface area contributed by atoms with E-state index in [2.05, 4.69) is 34.1 Å². The van der Waals surface area contributed by atoms with Gasteiger partial charge in [-0.05, 0) is 12.1 Å². The van der Waals surface area contributed by atoms with Crippen molar-refractivity contribution in [3.8, 4) is 6.07 Å². The van der Waals surface area contributed by atoms with Crippen LogP contribution >= 0.6 is 0 Å². The first-order chi connectivity index (χ1) is 14.7. The van der Waals surface area contributed by atoms with Crippen molar-refractivity contribution in [2.45, 2.75) is 12.5 Å². The lowest BCUT2D eigenvalue weighted by Gasteiger charge is -2.34. The number of ether oxygens (including phenoxy) is 1. The van der Waals surface area contributed by atoms with Crippen LogP contribution in [0.1, 0.15) is 17.2 Å². The number of esters is 1. The molecule has 0 radical (unpaired) electrons. The fourth-order valence-electron chi connectivity index (χ4n) is 3.87. The van der Waals surface area contributed by atoms with Gasteiger partial charge in [-0.2, -0.15) is 5.26 Å². The summed E-state index contributed by atoms with van der Waals surface area (Å²) in [5.74, 6) is -1.11. The zero-order valence-electron chi connectivity index (χ0n) is 16.9. The summed E-state index contributed by atoms with van der Waals surface area (Å²) in [4.78, 5) is 25.3. The monoisotopic (exact) mass is 402 g/mol. The number of carbonyl (C=O) groups is 1. The molecule has 1 aliphatic rings. The summed E-state index contributed by atoms with van der Waals surface area (Å²) in [6.07, 6.45) is 0. The third kappa shape index (κ3) is 4.09. The van der Waals surface area contributed by atoms with Gasteiger partial charge < -0.3 is 14.5 Å². The zero-order chi connectivity index (χ0) is 20.9. The Bertz CT molecular complexity index is 1070. The van der Waals surface area contributed by atoms with E-state index >= 15 is 0 Å². The van der Waals surface area contributed by atoms with Gasteiger partial charge in [0.1, 0.15) is 12.2 Å². The normalized spacial score (nSPS) is 15.5. The highest BCUT2D eigenvalue weighted by molar-refractivity contribution is 5.85. The van der Waals surface area contributed by atoms with Crippen molar-refractivity contribution >= 4 is 22.8 Å². The maximum atomic E-state index is 12.2. The van der Waals surface area contributed by atoms with E-state index in [0.717, 1.165) is 38.2 Å². The Morgan fingerprint density at radius 1 is 1.10 bits per heavy atom. The van der Waals surface area contributed by atoms with Crippen LogP contribution in [0.3, 0.4) is 0 Å². The van der Waals surface area contributed by atoms with E-state index in [1.165, 1.54) is 17.6 Å². The van der Waals surface area contributed by atoms with Gasteiger partial charge in [0.2, 0.25) is 0 Å². The number of para-hydroxylation sites is 2. The van der Waals surface area contributed by atoms with Gasteiger partial charge >= 0.3 is 5.97 Å². The molecule has 1 saturated heterocycles. The molecule has 7 nitrogen and oxygen atoms in total. The van der Waals surface area contributed by atoms with Crippen molar-refractivity contribution in [3.63, 3.8) is 0 Å². The molecule has 3 aromatic rings. The van der Waals surface area contributed by atoms with Gasteiger partial charge in [0, 0.05) is 5.56 Å². The fraction of sp³-hybridized carbons (Fsp3) is 0.304. The second-order valence-electron chi connectivity index (χ2n) is 7.41. The smallest absolute Gasteiger partial charge is 0.329 e. The Balaban J connectivity index is 1.61. The van der Waals surface area contributed by atoms with Crippen LogP contribution in [-0.2, 0) is 16.1 Å². The standard InChI is InChI=1S/C23H23N5O2/c1-30-23(29)18(15-24)21-22(26-20-10-6-5-9-19(20)25-21)28-13-11-27(12-14-28)16-17-7-3-2-4-8-17/h2-10,18H,11-14,16H2,1H3/p+1/t18-/m1/s1. The molecule has 4 rings (SSSR count). The van der Waals surface area contributed by atoms with Crippen molar-refractivity contribution in [1.29, 1.82) is 5.26 Å². The molecule has 0 aliphatic carbocycles. The molecular weight excluding hydrogens is 378 g/mol. The molecule has 0 unspecified atom stereocenters. The Kier molecular flexibility index (Phi) is 5.87. The number of anilines is 1. The molecule has 0 saturated carbocycles. The SMILES string of the molecule is COC(=O)[C@H](C#N)c1nc2ccccc2nc1N1CC[NH+](Cc2ccccc2)CC1. The molecule has 1 atom stereocenters. The van der Waals surface area contributed by atoms with Crippen molar-refractivity contribution in [2.24, 2.45) is 0 Å². The number of benzene rings is 2. The number of nitrogens with one attached hydrogen (secondary N) is 1. The summed E-state index contributed by atoms with van der Waals surface area (Å²) in [6, 6.07) is 20.0. The highest BCUT2D eigenvalue weighted by Crippen LogP contribution is 2.27. The maximum Gasteiger partial charge on any atom is 0.329 e. The predicted molar refractivity (Wildman–Crippen MR) is 113 cm³/mol. The molecule has 1 N–H and O–H groups in total. The van der Waals surface area contributed by atoms with Crippen molar-refractivity contribution in [2.75, 3.05) is 38.2 Å². The van der Waals surface area contributed by atoms with Gasteiger partial charge in [0.15, 0.2) is 11.7 Å². The molecule has 0 bridgehead atoms. The van der Waals surface area contributed by atoms with Gasteiger partial charge in [-0.1, -0.05) is 42.5 Å². The van der Waals surface area contributed by atoms with Crippen LogP contribution in [0.4, 0.5) is 5.82 Å². The molecule has 30 heavy (non-hydrogen) atoms. The van der Waals surface area contributed by atoms with Crippen LogP contribution in [0.25, 0.3) is 11.0 Å². The Hall–Kier alpha value is -3.50. The van der Waals surface area contributed by atoms with Crippen LogP contribution in [-0.4, -0.2) is 49.2 Å². The number of piperazine rings is 1. The minimum Gasteiger partial charge on any atom is -0.468 e. The molecule has 0 spiro atoms. The number of carbonyl (C=O) groups excluding carboxylic acids is 1. The summed E-state index contributed by atoms with van der Waals surface area (Å²) in [7, 11) is 1.28. The third-order valence-electron chi connectivity index (χ3n) is 5.48. The lowest BCUT2D eigenvalue weighted by Crippen LogP contribution is -3.13. The Labute approximate surface area is 175 Å². The van der Waals surface area contributed by atoms with Crippen molar-refractivity contribution in [1.82, 2.24) is 9.97 Å². The number of aromatic nitrogens is 2. The van der Waals surface area contributed by atoms with Crippen molar-refractivity contribution in [3.05, 3.63) is 65.9 Å². The molecule has 1 fully saturated rings. The summed E-state index contributed by atoms with van der Waals surface area (Å²) < 4.78 is 4.84. The number of nitrogens with zero attached hydrogens (tertiary/aromatic N) is 4. The lowest BCUT2D eigenvalue weighted by atomic mass is 10.1. The highest BCUT2D eigenvalue weighted by atomic mass is 16.5. The van der Waals surface area contributed by atoms with Crippen LogP contribution in [0.2, 0.25) is 0 Å². The fourth-order valence-corrected chi connectivity index (χ4v) is 3.87. The minimum absolute atomic E-state index is 0.370. The summed E-state index contributed by atoms with van der Waals surface area (Å²) in [5.41, 5.74) is 3.10. The van der Waals surface area contributed by atoms with Gasteiger partial charge in [-0.15, -0.1) is 0 Å². The molecule has 1 aliphatic heterocycles. The average Bonchev–Trinajstić information content (AvgIpc) is 2.80. The molecule has 1 aromatic heterocycles. The molecule has 7 heteroatoms. The Morgan fingerprint density at radius 2 is 1.73 bits per heavy atom. The molecule has 2 heterocycles. The first kappa shape index (κ1) is 19.8. The summed E-state index contributed by atoms with van der Waals surface area (Å²) in [6.45, 7) is 4.42. The molecule has 0 amide bonds. The number of methoxy groups -OCH3 is 1. The molecule has 2 aromatic carbocycles. The van der Waals surface area contributed by atoms with E-state index in [1.54, 1.807) is 0 Å². The number of nitriles is 1. The number of quaternary nitrogens is 1. The largest absolute Gasteiger partial charge is 0.468 e. The minimum atomic E-state index is -1.10. The average molecular weight is 402 g/mol. The second kappa shape index (κ2) is 8.89. The van der Waals surface area contributed by atoms with E-state index < -0.39 is 11.9 Å². The van der Waals surface area contributed by atoms with Gasteiger partial charge in [0.05, 0.1) is 50.4 Å². The van der Waals surface area contributed by atoms with Gasteiger partial charge in [-0.3, -0.25) is 4.79 Å². The van der Waals surface area contributed by atoms with Crippen LogP contribution in [0.5, 0.6) is 0 Å². The summed E-state index contributed by atoms with van der Waals surface area (Å²) in [5, 5.41) is 9.64. The number of hydrogen-bond acceptors (Lipinski definition) is 6. The number of hydrogen-bond donors (Lipinski definition) is 1. The molecular formula is C23H24N5O2+. The number of fused-ring (bicyclic) bond motifs is 1. The van der Waals surface area contributed by atoms with Crippen LogP contribution in [0, 0.1) is 11.3 Å². The zero-order valence-corrected chi connectivity index (χ0v) is 16.9.